The highest BCUT2D eigenvalue weighted by Gasteiger charge is 2.20. The second kappa shape index (κ2) is 13.2. The molecule has 0 saturated carbocycles. The number of aromatic nitrogens is 3. The Morgan fingerprint density at radius 1 is 0.377 bits per heavy atom. The Bertz CT molecular complexity index is 2710. The molecule has 4 nitrogen and oxygen atoms in total. The molecule has 0 aliphatic heterocycles. The van der Waals surface area contributed by atoms with Gasteiger partial charge in [0.1, 0.15) is 11.2 Å². The second-order valence-electron chi connectivity index (χ2n) is 14.5. The van der Waals surface area contributed by atoms with Crippen molar-refractivity contribution >= 4 is 21.9 Å². The van der Waals surface area contributed by atoms with Crippen LogP contribution in [0.1, 0.15) is 26.3 Å². The standard InChI is InChI=1S/C49H37N3O/c1-49(2,3)39-30-28-35(29-31-39)34-20-24-36(25-21-34)40-16-10-17-41-44-42(18-11-19-43(44)53-45(40)41)48-51-46(37-14-8-5-9-15-37)50-47(52-48)38-26-22-33(23-27-38)32-12-6-4-7-13-32/h4-31H,1-3H3. The molecule has 9 aromatic rings. The van der Waals surface area contributed by atoms with Crippen molar-refractivity contribution in [1.82, 2.24) is 15.0 Å². The van der Waals surface area contributed by atoms with Gasteiger partial charge in [-0.05, 0) is 44.9 Å². The van der Waals surface area contributed by atoms with E-state index in [2.05, 4.69) is 142 Å². The number of furan rings is 1. The van der Waals surface area contributed by atoms with Crippen LogP contribution in [0.15, 0.2) is 174 Å². The fourth-order valence-electron chi connectivity index (χ4n) is 7.05. The summed E-state index contributed by atoms with van der Waals surface area (Å²) in [6.45, 7) is 6.73. The lowest BCUT2D eigenvalue weighted by Crippen LogP contribution is -2.10. The highest BCUT2D eigenvalue weighted by Crippen LogP contribution is 2.41. The van der Waals surface area contributed by atoms with Gasteiger partial charge in [0.15, 0.2) is 17.5 Å². The lowest BCUT2D eigenvalue weighted by atomic mass is 9.86. The molecule has 0 spiro atoms. The molecule has 7 aromatic carbocycles. The highest BCUT2D eigenvalue weighted by molar-refractivity contribution is 6.15. The zero-order valence-corrected chi connectivity index (χ0v) is 29.9. The summed E-state index contributed by atoms with van der Waals surface area (Å²) in [4.78, 5) is 15.2. The van der Waals surface area contributed by atoms with Crippen molar-refractivity contribution < 1.29 is 4.42 Å². The molecule has 254 valence electrons. The number of fused-ring (bicyclic) bond motifs is 3. The predicted molar refractivity (Wildman–Crippen MR) is 218 cm³/mol. The average molecular weight is 684 g/mol. The molecular weight excluding hydrogens is 647 g/mol. The number of benzene rings is 7. The zero-order valence-electron chi connectivity index (χ0n) is 29.9. The van der Waals surface area contributed by atoms with E-state index >= 15 is 0 Å². The van der Waals surface area contributed by atoms with Gasteiger partial charge >= 0.3 is 0 Å². The average Bonchev–Trinajstić information content (AvgIpc) is 3.61. The van der Waals surface area contributed by atoms with Gasteiger partial charge in [0, 0.05) is 33.0 Å². The number of nitrogens with zero attached hydrogens (tertiary/aromatic N) is 3. The molecule has 2 heterocycles. The van der Waals surface area contributed by atoms with E-state index in [1.807, 2.05) is 48.5 Å². The molecule has 0 amide bonds. The van der Waals surface area contributed by atoms with E-state index in [9.17, 15) is 0 Å². The van der Waals surface area contributed by atoms with Crippen LogP contribution in [0.3, 0.4) is 0 Å². The first kappa shape index (κ1) is 32.3. The Morgan fingerprint density at radius 2 is 0.830 bits per heavy atom. The molecule has 9 rings (SSSR count). The largest absolute Gasteiger partial charge is 0.455 e. The van der Waals surface area contributed by atoms with E-state index in [1.165, 1.54) is 22.3 Å². The van der Waals surface area contributed by atoms with Gasteiger partial charge in [0.25, 0.3) is 0 Å². The fraction of sp³-hybridized carbons (Fsp3) is 0.0816. The van der Waals surface area contributed by atoms with Crippen LogP contribution in [0.2, 0.25) is 0 Å². The molecule has 0 aliphatic carbocycles. The van der Waals surface area contributed by atoms with E-state index in [0.29, 0.717) is 17.5 Å². The second-order valence-corrected chi connectivity index (χ2v) is 14.5. The first-order valence-electron chi connectivity index (χ1n) is 18.0. The minimum absolute atomic E-state index is 0.124. The number of hydrogen-bond acceptors (Lipinski definition) is 4. The normalized spacial score (nSPS) is 11.7. The quantitative estimate of drug-likeness (QED) is 0.175. The van der Waals surface area contributed by atoms with Gasteiger partial charge in [-0.3, -0.25) is 0 Å². The Labute approximate surface area is 309 Å². The molecule has 0 atom stereocenters. The topological polar surface area (TPSA) is 51.8 Å². The third kappa shape index (κ3) is 6.19. The minimum Gasteiger partial charge on any atom is -0.455 e. The van der Waals surface area contributed by atoms with Crippen molar-refractivity contribution in [2.75, 3.05) is 0 Å². The lowest BCUT2D eigenvalue weighted by molar-refractivity contribution is 0.590. The van der Waals surface area contributed by atoms with Crippen LogP contribution in [0.4, 0.5) is 0 Å². The van der Waals surface area contributed by atoms with Gasteiger partial charge in [-0.15, -0.1) is 0 Å². The van der Waals surface area contributed by atoms with Crippen molar-refractivity contribution in [3.05, 3.63) is 175 Å². The van der Waals surface area contributed by atoms with Crippen LogP contribution < -0.4 is 0 Å². The SMILES string of the molecule is CC(C)(C)c1ccc(-c2ccc(-c3cccc4c3oc3cccc(-c5nc(-c6ccccc6)nc(-c6ccc(-c7ccccc7)cc6)n5)c34)cc2)cc1. The Balaban J connectivity index is 1.13. The van der Waals surface area contributed by atoms with E-state index in [-0.39, 0.29) is 5.41 Å². The third-order valence-corrected chi connectivity index (χ3v) is 9.96. The Morgan fingerprint density at radius 3 is 1.43 bits per heavy atom. The van der Waals surface area contributed by atoms with Crippen LogP contribution in [0, 0.1) is 0 Å². The summed E-state index contributed by atoms with van der Waals surface area (Å²) in [5.74, 6) is 1.84. The van der Waals surface area contributed by atoms with Crippen molar-refractivity contribution in [3.8, 4) is 67.5 Å². The summed E-state index contributed by atoms with van der Waals surface area (Å²) in [5.41, 5.74) is 12.7. The first-order valence-corrected chi connectivity index (χ1v) is 18.0. The lowest BCUT2D eigenvalue weighted by Gasteiger charge is -2.19. The van der Waals surface area contributed by atoms with Gasteiger partial charge in [0.05, 0.1) is 0 Å². The molecule has 0 N–H and O–H groups in total. The smallest absolute Gasteiger partial charge is 0.164 e. The molecule has 4 heteroatoms. The molecule has 0 aliphatic rings. The Kier molecular flexibility index (Phi) is 8.01. The number of rotatable bonds is 6. The number of hydrogen-bond donors (Lipinski definition) is 0. The predicted octanol–water partition coefficient (Wildman–Crippen LogP) is 13.1. The molecule has 0 bridgehead atoms. The molecule has 2 aromatic heterocycles. The summed E-state index contributed by atoms with van der Waals surface area (Å²) in [6.07, 6.45) is 0. The summed E-state index contributed by atoms with van der Waals surface area (Å²) in [6, 6.07) is 59.0. The van der Waals surface area contributed by atoms with Crippen LogP contribution in [-0.4, -0.2) is 15.0 Å². The molecule has 0 radical (unpaired) electrons. The van der Waals surface area contributed by atoms with E-state index in [1.54, 1.807) is 0 Å². The van der Waals surface area contributed by atoms with E-state index < -0.39 is 0 Å². The maximum absolute atomic E-state index is 6.67. The first-order chi connectivity index (χ1) is 25.9. The van der Waals surface area contributed by atoms with Crippen LogP contribution in [0.5, 0.6) is 0 Å². The summed E-state index contributed by atoms with van der Waals surface area (Å²) >= 11 is 0. The van der Waals surface area contributed by atoms with Crippen molar-refractivity contribution in [3.63, 3.8) is 0 Å². The third-order valence-electron chi connectivity index (χ3n) is 9.96. The van der Waals surface area contributed by atoms with Crippen LogP contribution >= 0.6 is 0 Å². The Hall–Kier alpha value is -6.65. The number of para-hydroxylation sites is 1. The molecule has 0 unspecified atom stereocenters. The molecule has 0 fully saturated rings. The van der Waals surface area contributed by atoms with Gasteiger partial charge in [0.2, 0.25) is 0 Å². The van der Waals surface area contributed by atoms with E-state index in [4.69, 9.17) is 19.4 Å². The van der Waals surface area contributed by atoms with Gasteiger partial charge in [-0.2, -0.15) is 0 Å². The van der Waals surface area contributed by atoms with Crippen LogP contribution in [0.25, 0.3) is 89.5 Å². The minimum atomic E-state index is 0.124. The van der Waals surface area contributed by atoms with E-state index in [0.717, 1.165) is 55.3 Å². The maximum Gasteiger partial charge on any atom is 0.164 e. The zero-order chi connectivity index (χ0) is 35.9. The van der Waals surface area contributed by atoms with Crippen LogP contribution in [-0.2, 0) is 5.41 Å². The summed E-state index contributed by atoms with van der Waals surface area (Å²) < 4.78 is 6.67. The van der Waals surface area contributed by atoms with Gasteiger partial charge in [-0.25, -0.2) is 15.0 Å². The molecule has 0 saturated heterocycles. The summed E-state index contributed by atoms with van der Waals surface area (Å²) in [7, 11) is 0. The van der Waals surface area contributed by atoms with Gasteiger partial charge in [-0.1, -0.05) is 185 Å². The summed E-state index contributed by atoms with van der Waals surface area (Å²) in [5, 5.41) is 2.00. The molecule has 53 heavy (non-hydrogen) atoms. The van der Waals surface area contributed by atoms with Gasteiger partial charge < -0.3 is 4.42 Å². The van der Waals surface area contributed by atoms with Crippen molar-refractivity contribution in [2.24, 2.45) is 0 Å². The fourth-order valence-corrected chi connectivity index (χ4v) is 7.05. The van der Waals surface area contributed by atoms with Crippen molar-refractivity contribution in [2.45, 2.75) is 26.2 Å². The van der Waals surface area contributed by atoms with Crippen molar-refractivity contribution in [1.29, 1.82) is 0 Å². The molecular formula is C49H37N3O. The maximum atomic E-state index is 6.67. The highest BCUT2D eigenvalue weighted by atomic mass is 16.3. The monoisotopic (exact) mass is 683 g/mol.